The normalized spacial score (nSPS) is 16.7. The summed E-state index contributed by atoms with van der Waals surface area (Å²) in [6.45, 7) is 11.8. The van der Waals surface area contributed by atoms with Crippen molar-refractivity contribution in [3.63, 3.8) is 0 Å². The van der Waals surface area contributed by atoms with Crippen LogP contribution in [0.1, 0.15) is 51.7 Å². The molecule has 1 unspecified atom stereocenters. The number of aromatic nitrogens is 3. The molecule has 2 aliphatic rings. The van der Waals surface area contributed by atoms with E-state index in [9.17, 15) is 17.6 Å². The zero-order chi connectivity index (χ0) is 32.6. The summed E-state index contributed by atoms with van der Waals surface area (Å²) in [4.78, 5) is 17.7. The number of likely N-dealkylation sites (tertiary alicyclic amines) is 1. The van der Waals surface area contributed by atoms with Crippen molar-refractivity contribution < 1.29 is 26.7 Å². The molecule has 2 aromatic heterocycles. The Bertz CT molecular complexity index is 1510. The Morgan fingerprint density at radius 1 is 1.11 bits per heavy atom. The molecule has 0 radical (unpaired) electrons. The number of likely N-dealkylation sites (N-methyl/N-ethyl adjacent to an activating group) is 2. The molecular formula is C30H41F5N8O. The van der Waals surface area contributed by atoms with Crippen molar-refractivity contribution in [1.29, 1.82) is 0 Å². The lowest BCUT2D eigenvalue weighted by Gasteiger charge is -2.61. The van der Waals surface area contributed by atoms with Gasteiger partial charge in [-0.05, 0) is 52.4 Å². The molecule has 0 amide bonds. The van der Waals surface area contributed by atoms with Crippen LogP contribution in [0.15, 0.2) is 6.07 Å². The summed E-state index contributed by atoms with van der Waals surface area (Å²) in [6.07, 6.45) is -3.89. The van der Waals surface area contributed by atoms with Crippen LogP contribution in [0.25, 0.3) is 22.2 Å². The Kier molecular flexibility index (Phi) is 9.74. The molecule has 5 rings (SSSR count). The number of anilines is 3. The highest BCUT2D eigenvalue weighted by molar-refractivity contribution is 5.97. The van der Waals surface area contributed by atoms with E-state index in [0.29, 0.717) is 32.6 Å². The number of nitrogens with one attached hydrogen (secondary N) is 2. The number of halogens is 5. The molecule has 9 nitrogen and oxygen atoms in total. The van der Waals surface area contributed by atoms with Crippen molar-refractivity contribution in [2.45, 2.75) is 65.3 Å². The van der Waals surface area contributed by atoms with E-state index in [1.807, 2.05) is 32.7 Å². The fourth-order valence-corrected chi connectivity index (χ4v) is 5.47. The van der Waals surface area contributed by atoms with Gasteiger partial charge in [-0.3, -0.25) is 4.90 Å². The maximum absolute atomic E-state index is 16.5. The number of alkyl halides is 3. The Balaban J connectivity index is 0.00000216. The van der Waals surface area contributed by atoms with Gasteiger partial charge in [0, 0.05) is 38.3 Å². The van der Waals surface area contributed by atoms with Crippen LogP contribution in [0, 0.1) is 18.6 Å². The zero-order valence-corrected chi connectivity index (χ0v) is 26.2. The van der Waals surface area contributed by atoms with Crippen LogP contribution in [-0.4, -0.2) is 78.3 Å². The number of ether oxygens (including phenoxy) is 1. The molecule has 1 aromatic carbocycles. The van der Waals surface area contributed by atoms with Crippen LogP contribution in [0.4, 0.5) is 39.4 Å². The Labute approximate surface area is 254 Å². The van der Waals surface area contributed by atoms with E-state index in [0.717, 1.165) is 26.0 Å². The third-order valence-corrected chi connectivity index (χ3v) is 8.34. The Morgan fingerprint density at radius 3 is 2.34 bits per heavy atom. The third-order valence-electron chi connectivity index (χ3n) is 8.34. The molecular weight excluding hydrogens is 583 g/mol. The Morgan fingerprint density at radius 2 is 1.80 bits per heavy atom. The number of hydrogen-bond acceptors (Lipinski definition) is 9. The van der Waals surface area contributed by atoms with Crippen LogP contribution < -0.4 is 26.0 Å². The molecule has 4 N–H and O–H groups in total. The largest absolute Gasteiger partial charge is 0.474 e. The minimum absolute atomic E-state index is 0.00952. The Hall–Kier alpha value is -3.52. The second-order valence-corrected chi connectivity index (χ2v) is 11.1. The molecule has 0 bridgehead atoms. The predicted molar refractivity (Wildman–Crippen MR) is 163 cm³/mol. The SMILES string of the molecule is CC.CCC(C)Oc1nc(-c2cc(N)c(F)c(C)c2C(F)(F)F)c(F)c2nc(N3CC4(CCN4C)C3)nc(NCCNC)c12. The van der Waals surface area contributed by atoms with E-state index in [-0.39, 0.29) is 34.1 Å². The fraction of sp³-hybridized carbons (Fsp3) is 0.567. The maximum atomic E-state index is 16.5. The number of hydrogen-bond donors (Lipinski definition) is 3. The summed E-state index contributed by atoms with van der Waals surface area (Å²) in [6, 6.07) is 0.759. The summed E-state index contributed by atoms with van der Waals surface area (Å²) in [5.41, 5.74) is 1.42. The standard InChI is InChI=1S/C28H35F5N8O.C2H6/c1-6-14(2)42-25-18-23(21(30)22(37-25)16-11-17(34)20(29)15(3)19(16)28(31,32)33)38-26(39-24(18)36-9-8-35-4)41-12-27(13-41)7-10-40(27)5;1-2/h11,14,35H,6-10,12-13,34H2,1-5H3,(H,36,38,39);1-2H3. The van der Waals surface area contributed by atoms with Crippen LogP contribution in [0.2, 0.25) is 0 Å². The smallest absolute Gasteiger partial charge is 0.417 e. The number of nitrogen functional groups attached to an aromatic ring is 1. The molecule has 3 aromatic rings. The highest BCUT2D eigenvalue weighted by atomic mass is 19.4. The van der Waals surface area contributed by atoms with Gasteiger partial charge in [-0.1, -0.05) is 20.8 Å². The number of nitrogens with zero attached hydrogens (tertiary/aromatic N) is 5. The van der Waals surface area contributed by atoms with Gasteiger partial charge in [0.25, 0.3) is 0 Å². The van der Waals surface area contributed by atoms with Gasteiger partial charge in [0.05, 0.1) is 22.9 Å². The van der Waals surface area contributed by atoms with Gasteiger partial charge in [0.15, 0.2) is 5.82 Å². The van der Waals surface area contributed by atoms with Crippen molar-refractivity contribution in [3.8, 4) is 17.1 Å². The number of benzene rings is 1. The lowest BCUT2D eigenvalue weighted by molar-refractivity contribution is -0.137. The molecule has 2 aliphatic heterocycles. The first-order valence-corrected chi connectivity index (χ1v) is 14.9. The second-order valence-electron chi connectivity index (χ2n) is 11.1. The van der Waals surface area contributed by atoms with Crippen LogP contribution >= 0.6 is 0 Å². The summed E-state index contributed by atoms with van der Waals surface area (Å²) < 4.78 is 80.0. The van der Waals surface area contributed by atoms with Gasteiger partial charge in [-0.15, -0.1) is 0 Å². The highest BCUT2D eigenvalue weighted by Crippen LogP contribution is 2.45. The van der Waals surface area contributed by atoms with Gasteiger partial charge in [-0.25, -0.2) is 18.7 Å². The molecule has 1 spiro atoms. The topological polar surface area (TPSA) is 104 Å². The molecule has 14 heteroatoms. The highest BCUT2D eigenvalue weighted by Gasteiger charge is 2.52. The number of pyridine rings is 1. The van der Waals surface area contributed by atoms with Crippen molar-refractivity contribution >= 4 is 28.4 Å². The lowest BCUT2D eigenvalue weighted by atomic mass is 9.78. The molecule has 242 valence electrons. The number of nitrogens with two attached hydrogens (primary N) is 1. The minimum atomic E-state index is -5.02. The quantitative estimate of drug-likeness (QED) is 0.159. The van der Waals surface area contributed by atoms with Crippen LogP contribution in [0.5, 0.6) is 5.88 Å². The van der Waals surface area contributed by atoms with E-state index in [2.05, 4.69) is 25.5 Å². The molecule has 4 heterocycles. The molecule has 0 aliphatic carbocycles. The van der Waals surface area contributed by atoms with Gasteiger partial charge in [-0.2, -0.15) is 18.2 Å². The molecule has 1 atom stereocenters. The molecule has 0 saturated carbocycles. The first-order chi connectivity index (χ1) is 20.8. The minimum Gasteiger partial charge on any atom is -0.474 e. The zero-order valence-electron chi connectivity index (χ0n) is 26.2. The number of rotatable bonds is 9. The number of fused-ring (bicyclic) bond motifs is 1. The van der Waals surface area contributed by atoms with E-state index in [1.54, 1.807) is 14.0 Å². The molecule has 2 saturated heterocycles. The van der Waals surface area contributed by atoms with E-state index in [1.165, 1.54) is 0 Å². The predicted octanol–water partition coefficient (Wildman–Crippen LogP) is 5.61. The van der Waals surface area contributed by atoms with Gasteiger partial charge < -0.3 is 26.0 Å². The first kappa shape index (κ1) is 33.4. The van der Waals surface area contributed by atoms with Crippen molar-refractivity contribution in [3.05, 3.63) is 28.8 Å². The lowest BCUT2D eigenvalue weighted by Crippen LogP contribution is -2.76. The van der Waals surface area contributed by atoms with Crippen molar-refractivity contribution in [1.82, 2.24) is 25.2 Å². The average Bonchev–Trinajstić information content (AvgIpc) is 2.96. The van der Waals surface area contributed by atoms with Crippen LogP contribution in [0.3, 0.4) is 0 Å². The fourth-order valence-electron chi connectivity index (χ4n) is 5.47. The van der Waals surface area contributed by atoms with Crippen molar-refractivity contribution in [2.75, 3.05) is 62.8 Å². The monoisotopic (exact) mass is 624 g/mol. The first-order valence-electron chi connectivity index (χ1n) is 14.9. The van der Waals surface area contributed by atoms with E-state index >= 15 is 4.39 Å². The van der Waals surface area contributed by atoms with Crippen molar-refractivity contribution in [2.24, 2.45) is 0 Å². The average molecular weight is 625 g/mol. The van der Waals surface area contributed by atoms with Gasteiger partial charge in [0.1, 0.15) is 28.2 Å². The maximum Gasteiger partial charge on any atom is 0.417 e. The van der Waals surface area contributed by atoms with E-state index in [4.69, 9.17) is 15.5 Å². The molecule has 44 heavy (non-hydrogen) atoms. The third kappa shape index (κ3) is 5.93. The van der Waals surface area contributed by atoms with Gasteiger partial charge in [0.2, 0.25) is 11.8 Å². The second kappa shape index (κ2) is 12.8. The van der Waals surface area contributed by atoms with Gasteiger partial charge >= 0.3 is 6.18 Å². The van der Waals surface area contributed by atoms with Crippen LogP contribution in [-0.2, 0) is 6.18 Å². The molecule has 2 fully saturated rings. The summed E-state index contributed by atoms with van der Waals surface area (Å²) >= 11 is 0. The summed E-state index contributed by atoms with van der Waals surface area (Å²) in [5, 5.41) is 6.30. The summed E-state index contributed by atoms with van der Waals surface area (Å²) in [5.74, 6) is -2.00. The summed E-state index contributed by atoms with van der Waals surface area (Å²) in [7, 11) is 3.82. The van der Waals surface area contributed by atoms with E-state index < -0.39 is 52.0 Å².